The normalized spacial score (nSPS) is 18.9. The summed E-state index contributed by atoms with van der Waals surface area (Å²) in [5, 5.41) is 0. The van der Waals surface area contributed by atoms with Crippen molar-refractivity contribution in [2.24, 2.45) is 5.92 Å². The third-order valence-electron chi connectivity index (χ3n) is 4.33. The Kier molecular flexibility index (Phi) is 4.90. The Morgan fingerprint density at radius 2 is 2.00 bits per heavy atom. The third kappa shape index (κ3) is 3.76. The standard InChI is InChI=1S/C18H23FN2O/c1-22-10-8-16-12-20(11-15-4-6-17(19)7-5-15)14-18-3-2-9-21(18)13-16/h2-7,9,16H,8,10-14H2,1H3/t16-/m0/s1. The van der Waals surface area contributed by atoms with Crippen LogP contribution in [0, 0.1) is 11.7 Å². The number of fused-ring (bicyclic) bond motifs is 1. The lowest BCUT2D eigenvalue weighted by molar-refractivity contribution is 0.151. The van der Waals surface area contributed by atoms with Gasteiger partial charge in [0.15, 0.2) is 0 Å². The first-order valence-corrected chi connectivity index (χ1v) is 7.84. The summed E-state index contributed by atoms with van der Waals surface area (Å²) in [5.41, 5.74) is 2.51. The van der Waals surface area contributed by atoms with Crippen LogP contribution in [0.25, 0.3) is 0 Å². The zero-order valence-corrected chi connectivity index (χ0v) is 13.0. The van der Waals surface area contributed by atoms with Gasteiger partial charge in [0.25, 0.3) is 0 Å². The van der Waals surface area contributed by atoms with Gasteiger partial charge in [-0.15, -0.1) is 0 Å². The molecule has 0 fully saturated rings. The van der Waals surface area contributed by atoms with Crippen LogP contribution in [0.3, 0.4) is 0 Å². The van der Waals surface area contributed by atoms with Crippen LogP contribution in [0.15, 0.2) is 42.6 Å². The van der Waals surface area contributed by atoms with E-state index in [4.69, 9.17) is 4.74 Å². The molecule has 0 saturated heterocycles. The molecule has 1 aliphatic heterocycles. The highest BCUT2D eigenvalue weighted by Gasteiger charge is 2.21. The monoisotopic (exact) mass is 302 g/mol. The largest absolute Gasteiger partial charge is 0.385 e. The van der Waals surface area contributed by atoms with Crippen LogP contribution in [0.2, 0.25) is 0 Å². The Labute approximate surface area is 131 Å². The molecular weight excluding hydrogens is 279 g/mol. The number of benzene rings is 1. The maximum atomic E-state index is 13.1. The molecule has 1 aliphatic rings. The number of methoxy groups -OCH3 is 1. The fraction of sp³-hybridized carbons (Fsp3) is 0.444. The van der Waals surface area contributed by atoms with Gasteiger partial charge < -0.3 is 9.30 Å². The van der Waals surface area contributed by atoms with E-state index < -0.39 is 0 Å². The van der Waals surface area contributed by atoms with Gasteiger partial charge in [-0.05, 0) is 42.2 Å². The highest BCUT2D eigenvalue weighted by atomic mass is 19.1. The van der Waals surface area contributed by atoms with E-state index in [1.807, 2.05) is 12.1 Å². The number of hydrogen-bond donors (Lipinski definition) is 0. The zero-order chi connectivity index (χ0) is 15.4. The Bertz CT molecular complexity index is 593. The molecule has 3 nitrogen and oxygen atoms in total. The maximum Gasteiger partial charge on any atom is 0.123 e. The molecule has 1 aromatic heterocycles. The summed E-state index contributed by atoms with van der Waals surface area (Å²) in [5.74, 6) is 0.403. The molecule has 3 rings (SSSR count). The van der Waals surface area contributed by atoms with Gasteiger partial charge in [0.1, 0.15) is 5.82 Å². The SMILES string of the molecule is COCC[C@H]1CN(Cc2ccc(F)cc2)Cc2cccn2C1. The van der Waals surface area contributed by atoms with Crippen molar-refractivity contribution in [2.75, 3.05) is 20.3 Å². The Hall–Kier alpha value is -1.65. The molecule has 1 aromatic carbocycles. The molecule has 0 unspecified atom stereocenters. The maximum absolute atomic E-state index is 13.1. The van der Waals surface area contributed by atoms with E-state index in [0.717, 1.165) is 44.8 Å². The van der Waals surface area contributed by atoms with Crippen LogP contribution in [0.4, 0.5) is 4.39 Å². The molecule has 0 amide bonds. The van der Waals surface area contributed by atoms with Gasteiger partial charge in [-0.3, -0.25) is 4.90 Å². The average Bonchev–Trinajstić information content (AvgIpc) is 2.87. The Morgan fingerprint density at radius 1 is 1.18 bits per heavy atom. The van der Waals surface area contributed by atoms with E-state index in [0.29, 0.717) is 5.92 Å². The molecular formula is C18H23FN2O. The van der Waals surface area contributed by atoms with Crippen molar-refractivity contribution in [3.05, 3.63) is 59.7 Å². The van der Waals surface area contributed by atoms with Crippen molar-refractivity contribution in [2.45, 2.75) is 26.1 Å². The van der Waals surface area contributed by atoms with Gasteiger partial charge in [0.05, 0.1) is 0 Å². The fourth-order valence-electron chi connectivity index (χ4n) is 3.20. The van der Waals surface area contributed by atoms with Gasteiger partial charge in [-0.2, -0.15) is 0 Å². The molecule has 0 saturated carbocycles. The average molecular weight is 302 g/mol. The van der Waals surface area contributed by atoms with Crippen molar-refractivity contribution >= 4 is 0 Å². The van der Waals surface area contributed by atoms with E-state index in [1.54, 1.807) is 7.11 Å². The summed E-state index contributed by atoms with van der Waals surface area (Å²) in [6.07, 6.45) is 3.23. The first-order valence-electron chi connectivity index (χ1n) is 7.84. The molecule has 22 heavy (non-hydrogen) atoms. The molecule has 1 atom stereocenters. The fourth-order valence-corrected chi connectivity index (χ4v) is 3.20. The Balaban J connectivity index is 1.73. The van der Waals surface area contributed by atoms with E-state index in [1.165, 1.54) is 17.8 Å². The van der Waals surface area contributed by atoms with E-state index >= 15 is 0 Å². The lowest BCUT2D eigenvalue weighted by Gasteiger charge is -2.24. The molecule has 0 radical (unpaired) electrons. The molecule has 0 N–H and O–H groups in total. The summed E-state index contributed by atoms with van der Waals surface area (Å²) < 4.78 is 20.7. The number of ether oxygens (including phenoxy) is 1. The zero-order valence-electron chi connectivity index (χ0n) is 13.0. The second kappa shape index (κ2) is 7.07. The van der Waals surface area contributed by atoms with Crippen LogP contribution in [0.5, 0.6) is 0 Å². The van der Waals surface area contributed by atoms with Crippen molar-refractivity contribution < 1.29 is 9.13 Å². The number of hydrogen-bond acceptors (Lipinski definition) is 2. The highest BCUT2D eigenvalue weighted by Crippen LogP contribution is 2.21. The first-order chi connectivity index (χ1) is 10.7. The van der Waals surface area contributed by atoms with Gasteiger partial charge >= 0.3 is 0 Å². The molecule has 0 bridgehead atoms. The number of nitrogens with zero attached hydrogens (tertiary/aromatic N) is 2. The molecule has 118 valence electrons. The summed E-state index contributed by atoms with van der Waals surface area (Å²) in [6, 6.07) is 11.1. The molecule has 4 heteroatoms. The smallest absolute Gasteiger partial charge is 0.123 e. The molecule has 2 heterocycles. The minimum atomic E-state index is -0.175. The van der Waals surface area contributed by atoms with Crippen molar-refractivity contribution in [3.63, 3.8) is 0 Å². The van der Waals surface area contributed by atoms with Crippen LogP contribution >= 0.6 is 0 Å². The second-order valence-corrected chi connectivity index (χ2v) is 6.10. The minimum absolute atomic E-state index is 0.175. The van der Waals surface area contributed by atoms with Gasteiger partial charge in [-0.25, -0.2) is 4.39 Å². The van der Waals surface area contributed by atoms with Gasteiger partial charge in [0.2, 0.25) is 0 Å². The number of aromatic nitrogens is 1. The lowest BCUT2D eigenvalue weighted by atomic mass is 10.1. The van der Waals surface area contributed by atoms with Crippen molar-refractivity contribution in [1.82, 2.24) is 9.47 Å². The van der Waals surface area contributed by atoms with Crippen LogP contribution in [-0.2, 0) is 24.4 Å². The minimum Gasteiger partial charge on any atom is -0.385 e. The Morgan fingerprint density at radius 3 is 2.77 bits per heavy atom. The van der Waals surface area contributed by atoms with Gasteiger partial charge in [-0.1, -0.05) is 12.1 Å². The quantitative estimate of drug-likeness (QED) is 0.843. The van der Waals surface area contributed by atoms with Gasteiger partial charge in [0, 0.05) is 51.8 Å². The van der Waals surface area contributed by atoms with E-state index in [2.05, 4.69) is 27.8 Å². The summed E-state index contributed by atoms with van der Waals surface area (Å²) in [7, 11) is 1.76. The second-order valence-electron chi connectivity index (χ2n) is 6.10. The topological polar surface area (TPSA) is 17.4 Å². The lowest BCUT2D eigenvalue weighted by Crippen LogP contribution is -2.28. The van der Waals surface area contributed by atoms with Crippen molar-refractivity contribution in [1.29, 1.82) is 0 Å². The highest BCUT2D eigenvalue weighted by molar-refractivity contribution is 5.16. The van der Waals surface area contributed by atoms with E-state index in [-0.39, 0.29) is 5.82 Å². The van der Waals surface area contributed by atoms with Crippen LogP contribution < -0.4 is 0 Å². The molecule has 0 aliphatic carbocycles. The number of halogens is 1. The van der Waals surface area contributed by atoms with Crippen LogP contribution in [-0.4, -0.2) is 29.7 Å². The molecule has 0 spiro atoms. The molecule has 2 aromatic rings. The summed E-state index contributed by atoms with van der Waals surface area (Å²) >= 11 is 0. The predicted molar refractivity (Wildman–Crippen MR) is 84.9 cm³/mol. The number of rotatable bonds is 5. The van der Waals surface area contributed by atoms with E-state index in [9.17, 15) is 4.39 Å². The summed E-state index contributed by atoms with van der Waals surface area (Å²) in [6.45, 7) is 4.68. The van der Waals surface area contributed by atoms with Crippen molar-refractivity contribution in [3.8, 4) is 0 Å². The predicted octanol–water partition coefficient (Wildman–Crippen LogP) is 3.30. The first kappa shape index (κ1) is 15.3. The third-order valence-corrected chi connectivity index (χ3v) is 4.33. The van der Waals surface area contributed by atoms with Crippen LogP contribution in [0.1, 0.15) is 17.7 Å². The summed E-state index contributed by atoms with van der Waals surface area (Å²) in [4.78, 5) is 2.45.